The lowest BCUT2D eigenvalue weighted by Gasteiger charge is -2.54. The van der Waals surface area contributed by atoms with Crippen molar-refractivity contribution in [1.82, 2.24) is 10.2 Å². The van der Waals surface area contributed by atoms with Gasteiger partial charge in [0, 0.05) is 12.5 Å². The minimum absolute atomic E-state index is 0.107. The topological polar surface area (TPSA) is 58.6 Å². The minimum Gasteiger partial charge on any atom is -0.359 e. The highest BCUT2D eigenvalue weighted by atomic mass is 16.5. The summed E-state index contributed by atoms with van der Waals surface area (Å²) >= 11 is 0. The summed E-state index contributed by atoms with van der Waals surface area (Å²) in [5, 5.41) is 5.51. The van der Waals surface area contributed by atoms with E-state index in [9.17, 15) is 9.59 Å². The Kier molecular flexibility index (Phi) is 4.68. The molecular weight excluding hydrogens is 484 g/mol. The lowest BCUT2D eigenvalue weighted by atomic mass is 9.58. The zero-order valence-electron chi connectivity index (χ0n) is 23.3. The van der Waals surface area contributed by atoms with Gasteiger partial charge < -0.3 is 10.1 Å². The molecule has 202 valence electrons. The zero-order valence-corrected chi connectivity index (χ0v) is 23.3. The number of benzene rings is 2. The molecule has 2 spiro atoms. The monoisotopic (exact) mass is 522 g/mol. The van der Waals surface area contributed by atoms with Crippen molar-refractivity contribution >= 4 is 22.7 Å². The second kappa shape index (κ2) is 7.63. The largest absolute Gasteiger partial charge is 0.359 e. The van der Waals surface area contributed by atoms with E-state index < -0.39 is 5.54 Å². The van der Waals surface area contributed by atoms with Gasteiger partial charge in [-0.1, -0.05) is 61.5 Å². The van der Waals surface area contributed by atoms with Gasteiger partial charge in [0.25, 0.3) is 5.91 Å². The van der Waals surface area contributed by atoms with E-state index >= 15 is 0 Å². The highest BCUT2D eigenvalue weighted by molar-refractivity contribution is 6.06. The van der Waals surface area contributed by atoms with Crippen LogP contribution in [0.2, 0.25) is 0 Å². The fraction of sp³-hybridized carbons (Fsp3) is 0.529. The van der Waals surface area contributed by atoms with Crippen LogP contribution in [-0.4, -0.2) is 39.6 Å². The number of amides is 3. The summed E-state index contributed by atoms with van der Waals surface area (Å²) in [4.78, 5) is 27.5. The predicted molar refractivity (Wildman–Crippen MR) is 151 cm³/mol. The molecule has 1 N–H and O–H groups in total. The number of nitrogens with one attached hydrogen (secondary N) is 1. The first-order valence-electron chi connectivity index (χ1n) is 14.9. The van der Waals surface area contributed by atoms with Gasteiger partial charge in [-0.3, -0.25) is 9.69 Å². The van der Waals surface area contributed by atoms with E-state index in [-0.39, 0.29) is 34.6 Å². The number of urea groups is 1. The maximum atomic E-state index is 13.1. The zero-order chi connectivity index (χ0) is 26.8. The van der Waals surface area contributed by atoms with Gasteiger partial charge in [0.2, 0.25) is 0 Å². The first-order chi connectivity index (χ1) is 18.7. The van der Waals surface area contributed by atoms with Crippen LogP contribution >= 0.6 is 0 Å². The number of carbonyl (C=O) groups excluding carboxylic acids is 2. The molecule has 3 aliphatic heterocycles. The summed E-state index contributed by atoms with van der Waals surface area (Å²) in [6.07, 6.45) is 12.9. The van der Waals surface area contributed by atoms with Crippen molar-refractivity contribution in [3.63, 3.8) is 0 Å². The van der Waals surface area contributed by atoms with Gasteiger partial charge in [0.15, 0.2) is 0 Å². The highest BCUT2D eigenvalue weighted by Gasteiger charge is 2.67. The Bertz CT molecular complexity index is 1500. The Morgan fingerprint density at radius 2 is 1.79 bits per heavy atom. The van der Waals surface area contributed by atoms with Crippen molar-refractivity contribution in [3.05, 3.63) is 71.3 Å². The van der Waals surface area contributed by atoms with Gasteiger partial charge in [-0.25, -0.2) is 4.79 Å². The molecule has 8 rings (SSSR count). The summed E-state index contributed by atoms with van der Waals surface area (Å²) in [5.41, 5.74) is 2.96. The summed E-state index contributed by atoms with van der Waals surface area (Å²) in [6.45, 7) is 6.11. The predicted octanol–water partition coefficient (Wildman–Crippen LogP) is 6.78. The molecule has 3 amide bonds. The maximum Gasteiger partial charge on any atom is 0.325 e. The number of nitrogens with zero attached hydrogens (tertiary/aromatic N) is 1. The van der Waals surface area contributed by atoms with Gasteiger partial charge in [0.1, 0.15) is 5.54 Å². The van der Waals surface area contributed by atoms with Crippen molar-refractivity contribution in [2.75, 3.05) is 0 Å². The number of allylic oxidation sites excluding steroid dienone is 1. The fourth-order valence-corrected chi connectivity index (χ4v) is 9.68. The smallest absolute Gasteiger partial charge is 0.325 e. The van der Waals surface area contributed by atoms with Crippen molar-refractivity contribution in [3.8, 4) is 0 Å². The quantitative estimate of drug-likeness (QED) is 0.442. The third kappa shape index (κ3) is 3.06. The molecule has 2 saturated carbocycles. The van der Waals surface area contributed by atoms with E-state index in [4.69, 9.17) is 4.74 Å². The van der Waals surface area contributed by atoms with Crippen molar-refractivity contribution in [1.29, 1.82) is 0 Å². The first kappa shape index (κ1) is 23.9. The average Bonchev–Trinajstić information content (AvgIpc) is 3.49. The van der Waals surface area contributed by atoms with Gasteiger partial charge in [-0.15, -0.1) is 0 Å². The number of carbonyl (C=O) groups is 2. The van der Waals surface area contributed by atoms with Crippen LogP contribution in [0.4, 0.5) is 4.79 Å². The second-order valence-corrected chi connectivity index (χ2v) is 13.9. The first-order valence-corrected chi connectivity index (χ1v) is 14.9. The molecule has 0 aromatic heterocycles. The van der Waals surface area contributed by atoms with E-state index in [0.717, 1.165) is 38.5 Å². The molecule has 2 aromatic rings. The van der Waals surface area contributed by atoms with E-state index in [2.05, 4.69) is 66.9 Å². The SMILES string of the molecule is CC1(C)NC(=O)N([C@H]2CCC3=CC4=CC[C@]5(C)[C@@H](c6ccc7ccccc7c6)CC[C@H]5[C@@]45CC[C@]3(C2)O5)C1=O. The van der Waals surface area contributed by atoms with Gasteiger partial charge in [-0.2, -0.15) is 0 Å². The van der Waals surface area contributed by atoms with E-state index in [1.807, 2.05) is 0 Å². The molecule has 6 aliphatic rings. The molecule has 3 heterocycles. The number of hydrogen-bond donors (Lipinski definition) is 1. The Labute approximate surface area is 230 Å². The van der Waals surface area contributed by atoms with Gasteiger partial charge in [-0.05, 0) is 104 Å². The molecule has 3 aliphatic carbocycles. The molecule has 2 saturated heterocycles. The van der Waals surface area contributed by atoms with Crippen LogP contribution in [0.1, 0.15) is 83.6 Å². The average molecular weight is 523 g/mol. The molecule has 2 bridgehead atoms. The van der Waals surface area contributed by atoms with E-state index in [1.165, 1.54) is 45.2 Å². The van der Waals surface area contributed by atoms with Crippen LogP contribution < -0.4 is 5.32 Å². The fourth-order valence-electron chi connectivity index (χ4n) is 9.68. The number of rotatable bonds is 2. The lowest BCUT2D eigenvalue weighted by Crippen LogP contribution is -2.56. The molecule has 2 aromatic carbocycles. The number of fused-ring (bicyclic) bond motifs is 2. The number of hydrogen-bond acceptors (Lipinski definition) is 3. The summed E-state index contributed by atoms with van der Waals surface area (Å²) < 4.78 is 7.42. The summed E-state index contributed by atoms with van der Waals surface area (Å²) in [7, 11) is 0. The van der Waals surface area contributed by atoms with Crippen LogP contribution in [0.3, 0.4) is 0 Å². The van der Waals surface area contributed by atoms with E-state index in [1.54, 1.807) is 13.8 Å². The summed E-state index contributed by atoms with van der Waals surface area (Å²) in [5.74, 6) is 0.872. The van der Waals surface area contributed by atoms with Crippen molar-refractivity contribution in [2.45, 2.75) is 101 Å². The molecule has 5 nitrogen and oxygen atoms in total. The van der Waals surface area contributed by atoms with Crippen LogP contribution in [0.25, 0.3) is 10.8 Å². The Morgan fingerprint density at radius 1 is 0.974 bits per heavy atom. The third-order valence-electron chi connectivity index (χ3n) is 11.6. The molecule has 0 unspecified atom stereocenters. The number of ether oxygens (including phenoxy) is 1. The Hall–Kier alpha value is -2.92. The van der Waals surface area contributed by atoms with Crippen molar-refractivity contribution < 1.29 is 14.3 Å². The van der Waals surface area contributed by atoms with E-state index in [0.29, 0.717) is 11.8 Å². The van der Waals surface area contributed by atoms with Crippen molar-refractivity contribution in [2.24, 2.45) is 11.3 Å². The Morgan fingerprint density at radius 3 is 2.59 bits per heavy atom. The minimum atomic E-state index is -0.835. The standard InChI is InChI=1S/C34H38N2O3/c1-31(2)29(37)36(30(38)35-31)26-11-10-24-19-25-14-15-32(3)27(23-9-8-21-6-4-5-7-22(21)18-23)12-13-28(32)34(25)17-16-33(24,20-26)39-34/h4-9,14,18-19,26-28H,10-13,15-17,20H2,1-3H3,(H,35,38)/t26-,27+,28+,32+,33+,34+/m0/s1. The van der Waals surface area contributed by atoms with Gasteiger partial charge >= 0.3 is 6.03 Å². The maximum absolute atomic E-state index is 13.1. The molecule has 5 heteroatoms. The van der Waals surface area contributed by atoms with Crippen LogP contribution in [0.15, 0.2) is 65.8 Å². The molecule has 0 radical (unpaired) electrons. The lowest BCUT2D eigenvalue weighted by molar-refractivity contribution is -0.145. The molecule has 6 atom stereocenters. The number of imide groups is 1. The van der Waals surface area contributed by atoms with Crippen LogP contribution in [0.5, 0.6) is 0 Å². The third-order valence-corrected chi connectivity index (χ3v) is 11.6. The highest BCUT2D eigenvalue weighted by Crippen LogP contribution is 2.69. The van der Waals surface area contributed by atoms with Crippen LogP contribution in [-0.2, 0) is 9.53 Å². The molecular formula is C34H38N2O3. The summed E-state index contributed by atoms with van der Waals surface area (Å²) in [6, 6.07) is 15.4. The molecule has 39 heavy (non-hydrogen) atoms. The Balaban J connectivity index is 1.13. The molecule has 4 fully saturated rings. The van der Waals surface area contributed by atoms with Gasteiger partial charge in [0.05, 0.1) is 11.2 Å². The second-order valence-electron chi connectivity index (χ2n) is 13.9. The van der Waals surface area contributed by atoms with Crippen LogP contribution in [0, 0.1) is 11.3 Å². The normalized spacial score (nSPS) is 40.1.